The van der Waals surface area contributed by atoms with Crippen molar-refractivity contribution in [3.63, 3.8) is 0 Å². The van der Waals surface area contributed by atoms with Gasteiger partial charge in [-0.25, -0.2) is 0 Å². The molecule has 3 rings (SSSR count). The van der Waals surface area contributed by atoms with Gasteiger partial charge in [0, 0.05) is 36.9 Å². The largest absolute Gasteiger partial charge is 0.391 e. The Balaban J connectivity index is 0.00000121. The average Bonchev–Trinajstić information content (AvgIpc) is 3.23. The summed E-state index contributed by atoms with van der Waals surface area (Å²) in [4.78, 5) is 18.6. The van der Waals surface area contributed by atoms with Crippen molar-refractivity contribution in [3.05, 3.63) is 30.1 Å². The molecule has 2 fully saturated rings. The molecular weight excluding hydrogens is 325 g/mol. The predicted molar refractivity (Wildman–Crippen MR) is 89.0 cm³/mol. The predicted octanol–water partition coefficient (Wildman–Crippen LogP) is 1.51. The fraction of sp³-hybridized carbons (Fsp3) is 0.600. The molecule has 0 bridgehead atoms. The summed E-state index contributed by atoms with van der Waals surface area (Å²) in [6.07, 6.45) is 6.22. The number of hydrogen-bond donors (Lipinski definition) is 2. The third-order valence-electron chi connectivity index (χ3n) is 4.30. The van der Waals surface area contributed by atoms with Crippen LogP contribution in [-0.4, -0.2) is 39.1 Å². The highest BCUT2D eigenvalue weighted by Crippen LogP contribution is 2.33. The van der Waals surface area contributed by atoms with E-state index in [1.165, 1.54) is 0 Å². The van der Waals surface area contributed by atoms with Gasteiger partial charge in [0.15, 0.2) is 0 Å². The summed E-state index contributed by atoms with van der Waals surface area (Å²) in [6, 6.07) is 3.99. The van der Waals surface area contributed by atoms with E-state index in [2.05, 4.69) is 4.98 Å². The van der Waals surface area contributed by atoms with Crippen LogP contribution in [0.3, 0.4) is 0 Å². The van der Waals surface area contributed by atoms with Gasteiger partial charge in [0.1, 0.15) is 0 Å². The normalized spacial score (nSPS) is 26.7. The van der Waals surface area contributed by atoms with Crippen LogP contribution in [0.5, 0.6) is 0 Å². The molecule has 3 N–H and O–H groups in total. The average molecular weight is 348 g/mol. The molecule has 2 aliphatic carbocycles. The highest BCUT2D eigenvalue weighted by atomic mass is 35.5. The van der Waals surface area contributed by atoms with Gasteiger partial charge in [-0.2, -0.15) is 0 Å². The molecule has 1 aromatic heterocycles. The topological polar surface area (TPSA) is 79.5 Å². The number of nitrogens with two attached hydrogens (primary N) is 1. The van der Waals surface area contributed by atoms with Crippen LogP contribution >= 0.6 is 24.8 Å². The molecule has 7 heteroatoms. The molecule has 1 aromatic rings. The molecule has 0 unspecified atom stereocenters. The van der Waals surface area contributed by atoms with Gasteiger partial charge in [-0.3, -0.25) is 9.78 Å². The van der Waals surface area contributed by atoms with Crippen LogP contribution in [0, 0.1) is 5.92 Å². The number of aliphatic hydroxyl groups is 1. The third kappa shape index (κ3) is 4.32. The van der Waals surface area contributed by atoms with Crippen molar-refractivity contribution in [2.24, 2.45) is 11.7 Å². The second kappa shape index (κ2) is 8.11. The molecule has 22 heavy (non-hydrogen) atoms. The first-order valence-electron chi connectivity index (χ1n) is 7.28. The Labute approximate surface area is 143 Å². The van der Waals surface area contributed by atoms with Gasteiger partial charge in [0.25, 0.3) is 0 Å². The number of hydrogen-bond acceptors (Lipinski definition) is 4. The maximum atomic E-state index is 12.7. The second-order valence-electron chi connectivity index (χ2n) is 5.95. The zero-order valence-corrected chi connectivity index (χ0v) is 13.9. The minimum Gasteiger partial charge on any atom is -0.391 e. The van der Waals surface area contributed by atoms with Crippen LogP contribution in [0.2, 0.25) is 0 Å². The van der Waals surface area contributed by atoms with E-state index in [4.69, 9.17) is 5.73 Å². The van der Waals surface area contributed by atoms with E-state index >= 15 is 0 Å². The van der Waals surface area contributed by atoms with Gasteiger partial charge in [-0.05, 0) is 43.4 Å². The van der Waals surface area contributed by atoms with Gasteiger partial charge < -0.3 is 15.7 Å². The summed E-state index contributed by atoms with van der Waals surface area (Å²) in [7, 11) is 0. The van der Waals surface area contributed by atoms with Crippen molar-refractivity contribution >= 4 is 30.7 Å². The Bertz CT molecular complexity index is 475. The van der Waals surface area contributed by atoms with Gasteiger partial charge in [0.2, 0.25) is 5.91 Å². The highest BCUT2D eigenvalue weighted by molar-refractivity contribution is 5.85. The number of rotatable bonds is 4. The van der Waals surface area contributed by atoms with E-state index in [1.807, 2.05) is 17.0 Å². The molecule has 124 valence electrons. The van der Waals surface area contributed by atoms with Crippen molar-refractivity contribution in [1.82, 2.24) is 9.88 Å². The van der Waals surface area contributed by atoms with Crippen LogP contribution in [0.4, 0.5) is 0 Å². The Morgan fingerprint density at radius 1 is 1.27 bits per heavy atom. The number of carbonyl (C=O) groups excluding carboxylic acids is 1. The van der Waals surface area contributed by atoms with Crippen molar-refractivity contribution in [1.29, 1.82) is 0 Å². The molecular formula is C15H23Cl2N3O2. The lowest BCUT2D eigenvalue weighted by Gasteiger charge is -2.25. The molecule has 3 atom stereocenters. The number of halogens is 2. The number of amides is 1. The maximum Gasteiger partial charge on any atom is 0.226 e. The minimum absolute atomic E-state index is 0. The van der Waals surface area contributed by atoms with E-state index in [0.717, 1.165) is 18.4 Å². The first kappa shape index (κ1) is 19.2. The fourth-order valence-corrected chi connectivity index (χ4v) is 2.94. The van der Waals surface area contributed by atoms with E-state index < -0.39 is 6.10 Å². The van der Waals surface area contributed by atoms with E-state index in [9.17, 15) is 9.90 Å². The Hall–Kier alpha value is -0.880. The summed E-state index contributed by atoms with van der Waals surface area (Å²) < 4.78 is 0. The first-order chi connectivity index (χ1) is 9.65. The van der Waals surface area contributed by atoms with Crippen molar-refractivity contribution in [3.8, 4) is 0 Å². The lowest BCUT2D eigenvalue weighted by molar-refractivity contribution is -0.136. The molecule has 0 spiro atoms. The Kier molecular flexibility index (Phi) is 7.06. The second-order valence-corrected chi connectivity index (χ2v) is 5.95. The van der Waals surface area contributed by atoms with Crippen LogP contribution in [0.1, 0.15) is 31.2 Å². The van der Waals surface area contributed by atoms with Crippen molar-refractivity contribution in [2.45, 2.75) is 50.4 Å². The number of pyridine rings is 1. The maximum absolute atomic E-state index is 12.7. The smallest absolute Gasteiger partial charge is 0.226 e. The lowest BCUT2D eigenvalue weighted by atomic mass is 10.1. The van der Waals surface area contributed by atoms with Gasteiger partial charge >= 0.3 is 0 Å². The standard InChI is InChI=1S/C15H21N3O2.2ClH/c16-13-7-11(8-14(13)19)15(20)18(12-1-2-12)9-10-3-5-17-6-4-10;;/h3-6,11-14,19H,1-2,7-9,16H2;2*1H/t11-,13+,14+;;/m0../s1. The van der Waals surface area contributed by atoms with E-state index in [1.54, 1.807) is 12.4 Å². The Morgan fingerprint density at radius 3 is 2.41 bits per heavy atom. The molecule has 1 heterocycles. The molecule has 1 amide bonds. The SMILES string of the molecule is Cl.Cl.N[C@@H]1C[C@H](C(=O)N(Cc2ccncc2)C2CC2)C[C@H]1O. The number of carbonyl (C=O) groups is 1. The van der Waals surface area contributed by atoms with Gasteiger partial charge in [0.05, 0.1) is 6.10 Å². The molecule has 2 aliphatic rings. The quantitative estimate of drug-likeness (QED) is 0.865. The summed E-state index contributed by atoms with van der Waals surface area (Å²) in [5, 5.41) is 9.74. The van der Waals surface area contributed by atoms with Crippen LogP contribution in [-0.2, 0) is 11.3 Å². The van der Waals surface area contributed by atoms with Crippen LogP contribution in [0.25, 0.3) is 0 Å². The van der Waals surface area contributed by atoms with Crippen molar-refractivity contribution < 1.29 is 9.90 Å². The molecule has 2 saturated carbocycles. The number of nitrogens with zero attached hydrogens (tertiary/aromatic N) is 2. The van der Waals surface area contributed by atoms with E-state index in [0.29, 0.717) is 25.4 Å². The molecule has 0 aliphatic heterocycles. The highest BCUT2D eigenvalue weighted by Gasteiger charge is 2.40. The van der Waals surface area contributed by atoms with Crippen LogP contribution in [0.15, 0.2) is 24.5 Å². The number of aromatic nitrogens is 1. The summed E-state index contributed by atoms with van der Waals surface area (Å²) in [5.41, 5.74) is 6.92. The lowest BCUT2D eigenvalue weighted by Crippen LogP contribution is -2.37. The summed E-state index contributed by atoms with van der Waals surface area (Å²) in [5.74, 6) is 0.0266. The monoisotopic (exact) mass is 347 g/mol. The summed E-state index contributed by atoms with van der Waals surface area (Å²) in [6.45, 7) is 0.633. The fourth-order valence-electron chi connectivity index (χ4n) is 2.94. The molecule has 0 aromatic carbocycles. The zero-order chi connectivity index (χ0) is 14.1. The van der Waals surface area contributed by atoms with Crippen molar-refractivity contribution in [2.75, 3.05) is 0 Å². The number of aliphatic hydroxyl groups excluding tert-OH is 1. The molecule has 0 radical (unpaired) electrons. The van der Waals surface area contributed by atoms with Gasteiger partial charge in [-0.1, -0.05) is 0 Å². The first-order valence-corrected chi connectivity index (χ1v) is 7.28. The minimum atomic E-state index is -0.536. The van der Waals surface area contributed by atoms with E-state index in [-0.39, 0.29) is 42.7 Å². The molecule has 5 nitrogen and oxygen atoms in total. The van der Waals surface area contributed by atoms with Crippen LogP contribution < -0.4 is 5.73 Å². The summed E-state index contributed by atoms with van der Waals surface area (Å²) >= 11 is 0. The molecule has 0 saturated heterocycles. The Morgan fingerprint density at radius 2 is 1.91 bits per heavy atom. The zero-order valence-electron chi connectivity index (χ0n) is 12.3. The third-order valence-corrected chi connectivity index (χ3v) is 4.30. The van der Waals surface area contributed by atoms with Gasteiger partial charge in [-0.15, -0.1) is 24.8 Å².